The Balaban J connectivity index is 1.37. The highest BCUT2D eigenvalue weighted by Gasteiger charge is 2.10. The largest absolute Gasteiger partial charge is 0.494 e. The summed E-state index contributed by atoms with van der Waals surface area (Å²) in [7, 11) is 0. The highest BCUT2D eigenvalue weighted by atomic mass is 16.5. The Morgan fingerprint density at radius 3 is 2.14 bits per heavy atom. The monoisotopic (exact) mass is 382 g/mol. The van der Waals surface area contributed by atoms with E-state index in [1.807, 2.05) is 19.1 Å². The van der Waals surface area contributed by atoms with Gasteiger partial charge in [-0.05, 0) is 68.2 Å². The van der Waals surface area contributed by atoms with Gasteiger partial charge in [-0.2, -0.15) is 0 Å². The summed E-state index contributed by atoms with van der Waals surface area (Å²) in [6, 6.07) is 15.8. The van der Waals surface area contributed by atoms with Gasteiger partial charge in [-0.15, -0.1) is 0 Å². The van der Waals surface area contributed by atoms with Crippen LogP contribution in [0.15, 0.2) is 48.5 Å². The van der Waals surface area contributed by atoms with Crippen LogP contribution in [0.4, 0.5) is 0 Å². The zero-order valence-corrected chi connectivity index (χ0v) is 16.7. The van der Waals surface area contributed by atoms with Crippen molar-refractivity contribution >= 4 is 5.91 Å². The zero-order valence-electron chi connectivity index (χ0n) is 16.7. The van der Waals surface area contributed by atoms with E-state index < -0.39 is 0 Å². The number of likely N-dealkylation sites (tertiary alicyclic amines) is 1. The third-order valence-electron chi connectivity index (χ3n) is 4.87. The second kappa shape index (κ2) is 10.7. The number of benzene rings is 2. The number of amides is 1. The van der Waals surface area contributed by atoms with E-state index in [0.29, 0.717) is 18.9 Å². The fourth-order valence-electron chi connectivity index (χ4n) is 3.34. The Hall–Kier alpha value is -2.53. The molecular weight excluding hydrogens is 352 g/mol. The van der Waals surface area contributed by atoms with Crippen LogP contribution >= 0.6 is 0 Å². The molecule has 1 heterocycles. The standard InChI is InChI=1S/C23H30N2O3/c1-2-27-21-10-12-22(13-11-21)28-18-23(26)24-16-19-6-8-20(9-7-19)17-25-14-4-3-5-15-25/h6-13H,2-5,14-18H2,1H3,(H,24,26). The molecule has 0 unspecified atom stereocenters. The number of nitrogens with zero attached hydrogens (tertiary/aromatic N) is 1. The minimum absolute atomic E-state index is 0.00102. The van der Waals surface area contributed by atoms with Crippen molar-refractivity contribution in [3.05, 3.63) is 59.7 Å². The molecule has 1 saturated heterocycles. The molecule has 150 valence electrons. The van der Waals surface area contributed by atoms with Gasteiger partial charge in [0.15, 0.2) is 6.61 Å². The summed E-state index contributed by atoms with van der Waals surface area (Å²) in [4.78, 5) is 14.5. The first-order valence-corrected chi connectivity index (χ1v) is 10.2. The Morgan fingerprint density at radius 2 is 1.50 bits per heavy atom. The minimum atomic E-state index is -0.133. The molecule has 2 aromatic carbocycles. The SMILES string of the molecule is CCOc1ccc(OCC(=O)NCc2ccc(CN3CCCCC3)cc2)cc1. The molecule has 5 nitrogen and oxygen atoms in total. The normalized spacial score (nSPS) is 14.5. The van der Waals surface area contributed by atoms with Crippen molar-refractivity contribution in [1.29, 1.82) is 0 Å². The smallest absolute Gasteiger partial charge is 0.258 e. The van der Waals surface area contributed by atoms with E-state index in [2.05, 4.69) is 34.5 Å². The van der Waals surface area contributed by atoms with E-state index in [1.165, 1.54) is 37.9 Å². The third kappa shape index (κ3) is 6.57. The Labute approximate surface area is 167 Å². The number of rotatable bonds is 9. The van der Waals surface area contributed by atoms with Gasteiger partial charge in [0.25, 0.3) is 5.91 Å². The van der Waals surface area contributed by atoms with Crippen LogP contribution in [0.25, 0.3) is 0 Å². The highest BCUT2D eigenvalue weighted by molar-refractivity contribution is 5.77. The van der Waals surface area contributed by atoms with Gasteiger partial charge in [-0.1, -0.05) is 30.7 Å². The number of piperidine rings is 1. The number of hydrogen-bond acceptors (Lipinski definition) is 4. The van der Waals surface area contributed by atoms with Crippen molar-refractivity contribution in [1.82, 2.24) is 10.2 Å². The lowest BCUT2D eigenvalue weighted by Crippen LogP contribution is -2.29. The second-order valence-corrected chi connectivity index (χ2v) is 7.12. The van der Waals surface area contributed by atoms with Crippen LogP contribution in [0.3, 0.4) is 0 Å². The number of ether oxygens (including phenoxy) is 2. The Morgan fingerprint density at radius 1 is 0.893 bits per heavy atom. The summed E-state index contributed by atoms with van der Waals surface area (Å²) in [6.07, 6.45) is 3.98. The van der Waals surface area contributed by atoms with Crippen LogP contribution in [-0.2, 0) is 17.9 Å². The summed E-state index contributed by atoms with van der Waals surface area (Å²) in [5, 5.41) is 2.90. The van der Waals surface area contributed by atoms with E-state index in [-0.39, 0.29) is 12.5 Å². The van der Waals surface area contributed by atoms with Crippen molar-refractivity contribution in [3.8, 4) is 11.5 Å². The number of carbonyl (C=O) groups is 1. The molecule has 0 atom stereocenters. The van der Waals surface area contributed by atoms with Gasteiger partial charge in [0.1, 0.15) is 11.5 Å². The van der Waals surface area contributed by atoms with Crippen LogP contribution in [-0.4, -0.2) is 37.1 Å². The van der Waals surface area contributed by atoms with E-state index >= 15 is 0 Å². The number of carbonyl (C=O) groups excluding carboxylic acids is 1. The Bertz CT molecular complexity index is 723. The van der Waals surface area contributed by atoms with Gasteiger partial charge in [-0.25, -0.2) is 0 Å². The van der Waals surface area contributed by atoms with Crippen LogP contribution in [0, 0.1) is 0 Å². The summed E-state index contributed by atoms with van der Waals surface area (Å²) in [5.41, 5.74) is 2.42. The average molecular weight is 383 g/mol. The van der Waals surface area contributed by atoms with E-state index in [4.69, 9.17) is 9.47 Å². The van der Waals surface area contributed by atoms with Crippen molar-refractivity contribution in [2.75, 3.05) is 26.3 Å². The van der Waals surface area contributed by atoms with Crippen molar-refractivity contribution < 1.29 is 14.3 Å². The van der Waals surface area contributed by atoms with E-state index in [1.54, 1.807) is 12.1 Å². The molecule has 28 heavy (non-hydrogen) atoms. The van der Waals surface area contributed by atoms with Gasteiger partial charge in [0.05, 0.1) is 6.61 Å². The van der Waals surface area contributed by atoms with Gasteiger partial charge < -0.3 is 14.8 Å². The quantitative estimate of drug-likeness (QED) is 0.717. The van der Waals surface area contributed by atoms with Gasteiger partial charge in [0, 0.05) is 13.1 Å². The van der Waals surface area contributed by atoms with Crippen molar-refractivity contribution in [2.24, 2.45) is 0 Å². The van der Waals surface area contributed by atoms with E-state index in [0.717, 1.165) is 17.9 Å². The lowest BCUT2D eigenvalue weighted by Gasteiger charge is -2.26. The molecule has 1 amide bonds. The average Bonchev–Trinajstić information content (AvgIpc) is 2.74. The van der Waals surface area contributed by atoms with Crippen LogP contribution in [0.2, 0.25) is 0 Å². The maximum absolute atomic E-state index is 12.0. The lowest BCUT2D eigenvalue weighted by molar-refractivity contribution is -0.123. The predicted octanol–water partition coefficient (Wildman–Crippen LogP) is 3.77. The second-order valence-electron chi connectivity index (χ2n) is 7.12. The summed E-state index contributed by atoms with van der Waals surface area (Å²) >= 11 is 0. The number of nitrogens with one attached hydrogen (secondary N) is 1. The molecule has 0 aliphatic carbocycles. The molecule has 0 saturated carbocycles. The molecule has 1 aliphatic rings. The third-order valence-corrected chi connectivity index (χ3v) is 4.87. The van der Waals surface area contributed by atoms with Gasteiger partial charge >= 0.3 is 0 Å². The summed E-state index contributed by atoms with van der Waals surface area (Å²) < 4.78 is 10.9. The van der Waals surface area contributed by atoms with Crippen LogP contribution < -0.4 is 14.8 Å². The molecule has 1 fully saturated rings. The fraction of sp³-hybridized carbons (Fsp3) is 0.435. The highest BCUT2D eigenvalue weighted by Crippen LogP contribution is 2.17. The molecule has 1 N–H and O–H groups in total. The molecule has 0 spiro atoms. The number of hydrogen-bond donors (Lipinski definition) is 1. The lowest BCUT2D eigenvalue weighted by atomic mass is 10.1. The molecule has 1 aliphatic heterocycles. The predicted molar refractivity (Wildman–Crippen MR) is 111 cm³/mol. The van der Waals surface area contributed by atoms with Crippen LogP contribution in [0.1, 0.15) is 37.3 Å². The van der Waals surface area contributed by atoms with E-state index in [9.17, 15) is 4.79 Å². The molecule has 2 aromatic rings. The van der Waals surface area contributed by atoms with Crippen molar-refractivity contribution in [2.45, 2.75) is 39.3 Å². The summed E-state index contributed by atoms with van der Waals surface area (Å²) in [6.45, 7) is 6.50. The zero-order chi connectivity index (χ0) is 19.6. The summed E-state index contributed by atoms with van der Waals surface area (Å²) in [5.74, 6) is 1.31. The fourth-order valence-corrected chi connectivity index (χ4v) is 3.34. The molecule has 5 heteroatoms. The molecule has 0 radical (unpaired) electrons. The maximum Gasteiger partial charge on any atom is 0.258 e. The van der Waals surface area contributed by atoms with Crippen molar-refractivity contribution in [3.63, 3.8) is 0 Å². The van der Waals surface area contributed by atoms with Gasteiger partial charge in [-0.3, -0.25) is 9.69 Å². The first-order valence-electron chi connectivity index (χ1n) is 10.2. The first kappa shape index (κ1) is 20.2. The topological polar surface area (TPSA) is 50.8 Å². The molecule has 0 bridgehead atoms. The minimum Gasteiger partial charge on any atom is -0.494 e. The molecule has 3 rings (SSSR count). The van der Waals surface area contributed by atoms with Gasteiger partial charge in [0.2, 0.25) is 0 Å². The van der Waals surface area contributed by atoms with Crippen LogP contribution in [0.5, 0.6) is 11.5 Å². The maximum atomic E-state index is 12.0. The Kier molecular flexibility index (Phi) is 7.73. The first-order chi connectivity index (χ1) is 13.7. The molecule has 0 aromatic heterocycles. The molecular formula is C23H30N2O3.